The zero-order chi connectivity index (χ0) is 16.7. The van der Waals surface area contributed by atoms with E-state index in [1.807, 2.05) is 13.0 Å². The number of amides is 1. The summed E-state index contributed by atoms with van der Waals surface area (Å²) in [6.45, 7) is 2.17. The molecule has 0 spiro atoms. The fourth-order valence-corrected chi connectivity index (χ4v) is 2.63. The van der Waals surface area contributed by atoms with E-state index in [0.717, 1.165) is 24.2 Å². The molecule has 0 aliphatic heterocycles. The van der Waals surface area contributed by atoms with Gasteiger partial charge in [-0.25, -0.2) is 14.3 Å². The van der Waals surface area contributed by atoms with Gasteiger partial charge < -0.3 is 9.26 Å². The van der Waals surface area contributed by atoms with Gasteiger partial charge in [-0.3, -0.25) is 4.90 Å². The Bertz CT molecular complexity index is 898. The number of hydrogen-bond donors (Lipinski definition) is 0. The van der Waals surface area contributed by atoms with Gasteiger partial charge in [0.1, 0.15) is 0 Å². The molecule has 4 rings (SSSR count). The predicted octanol–water partition coefficient (Wildman–Crippen LogP) is 1.82. The lowest BCUT2D eigenvalue weighted by Gasteiger charge is -2.18. The van der Waals surface area contributed by atoms with Crippen molar-refractivity contribution in [2.45, 2.75) is 32.4 Å². The van der Waals surface area contributed by atoms with Crippen molar-refractivity contribution in [3.05, 3.63) is 30.0 Å². The fourth-order valence-electron chi connectivity index (χ4n) is 2.63. The highest BCUT2D eigenvalue weighted by Gasteiger charge is 2.34. The molecule has 0 atom stereocenters. The molecule has 1 fully saturated rings. The van der Waals surface area contributed by atoms with Gasteiger partial charge in [-0.15, -0.1) is 0 Å². The number of fused-ring (bicyclic) bond motifs is 1. The van der Waals surface area contributed by atoms with Gasteiger partial charge in [-0.05, 0) is 19.8 Å². The molecule has 9 nitrogen and oxygen atoms in total. The van der Waals surface area contributed by atoms with Crippen LogP contribution in [0.2, 0.25) is 0 Å². The molecule has 1 aliphatic carbocycles. The van der Waals surface area contributed by atoms with Gasteiger partial charge in [0, 0.05) is 18.3 Å². The van der Waals surface area contributed by atoms with Gasteiger partial charge in [0.05, 0.1) is 31.1 Å². The molecule has 3 aromatic rings. The van der Waals surface area contributed by atoms with Crippen molar-refractivity contribution in [3.63, 3.8) is 0 Å². The van der Waals surface area contributed by atoms with Crippen molar-refractivity contribution < 1.29 is 14.1 Å². The maximum atomic E-state index is 11.8. The molecule has 1 amide bonds. The maximum Gasteiger partial charge on any atom is 0.410 e. The van der Waals surface area contributed by atoms with Gasteiger partial charge in [0.2, 0.25) is 0 Å². The van der Waals surface area contributed by atoms with Crippen molar-refractivity contribution in [3.8, 4) is 11.5 Å². The molecule has 0 unspecified atom stereocenters. The SMILES string of the molecule is COC(=O)N(Cc1noc(-c2cnc3ccnn3c2C)n1)C1CC1. The van der Waals surface area contributed by atoms with Crippen LogP contribution >= 0.6 is 0 Å². The normalized spacial score (nSPS) is 14.1. The fraction of sp³-hybridized carbons (Fsp3) is 0.400. The highest BCUT2D eigenvalue weighted by atomic mass is 16.5. The smallest absolute Gasteiger partial charge is 0.410 e. The summed E-state index contributed by atoms with van der Waals surface area (Å²) in [6.07, 6.45) is 4.93. The molecular formula is C15H16N6O3. The number of rotatable bonds is 4. The molecule has 1 saturated carbocycles. The molecule has 0 aromatic carbocycles. The van der Waals surface area contributed by atoms with Crippen LogP contribution in [0.1, 0.15) is 24.4 Å². The number of aromatic nitrogens is 5. The Hall–Kier alpha value is -2.97. The number of hydrogen-bond acceptors (Lipinski definition) is 7. The largest absolute Gasteiger partial charge is 0.453 e. The molecule has 9 heteroatoms. The van der Waals surface area contributed by atoms with Crippen LogP contribution in [-0.2, 0) is 11.3 Å². The Morgan fingerprint density at radius 1 is 1.50 bits per heavy atom. The number of ether oxygens (including phenoxy) is 1. The molecular weight excluding hydrogens is 312 g/mol. The van der Waals surface area contributed by atoms with Crippen LogP contribution < -0.4 is 0 Å². The monoisotopic (exact) mass is 328 g/mol. The standard InChI is InChI=1S/C15H16N6O3/c1-9-11(7-16-13-5-6-17-21(9)13)14-18-12(19-24-14)8-20(10-3-4-10)15(22)23-2/h5-7,10H,3-4,8H2,1-2H3. The van der Waals surface area contributed by atoms with Crippen LogP contribution in [0, 0.1) is 6.92 Å². The number of aryl methyl sites for hydroxylation is 1. The first-order valence-electron chi connectivity index (χ1n) is 7.64. The lowest BCUT2D eigenvalue weighted by atomic mass is 10.2. The minimum Gasteiger partial charge on any atom is -0.453 e. The summed E-state index contributed by atoms with van der Waals surface area (Å²) < 4.78 is 11.9. The highest BCUT2D eigenvalue weighted by molar-refractivity contribution is 5.68. The summed E-state index contributed by atoms with van der Waals surface area (Å²) in [7, 11) is 1.37. The summed E-state index contributed by atoms with van der Waals surface area (Å²) in [5.41, 5.74) is 2.31. The summed E-state index contributed by atoms with van der Waals surface area (Å²) in [5.74, 6) is 0.787. The van der Waals surface area contributed by atoms with Crippen molar-refractivity contribution in [2.75, 3.05) is 7.11 Å². The Labute approximate surface area is 137 Å². The van der Waals surface area contributed by atoms with Gasteiger partial charge in [-0.2, -0.15) is 10.1 Å². The predicted molar refractivity (Wildman–Crippen MR) is 82.0 cm³/mol. The first-order chi connectivity index (χ1) is 11.7. The lowest BCUT2D eigenvalue weighted by molar-refractivity contribution is 0.116. The first-order valence-corrected chi connectivity index (χ1v) is 7.64. The van der Waals surface area contributed by atoms with Gasteiger partial charge in [-0.1, -0.05) is 5.16 Å². The third kappa shape index (κ3) is 2.47. The van der Waals surface area contributed by atoms with E-state index in [2.05, 4.69) is 20.2 Å². The van der Waals surface area contributed by atoms with Crippen LogP contribution in [0.4, 0.5) is 4.79 Å². The van der Waals surface area contributed by atoms with E-state index >= 15 is 0 Å². The first kappa shape index (κ1) is 14.6. The van der Waals surface area contributed by atoms with Crippen LogP contribution in [0.25, 0.3) is 17.1 Å². The van der Waals surface area contributed by atoms with Gasteiger partial charge >= 0.3 is 6.09 Å². The number of methoxy groups -OCH3 is 1. The van der Waals surface area contributed by atoms with E-state index in [9.17, 15) is 4.79 Å². The summed E-state index contributed by atoms with van der Waals surface area (Å²) in [5, 5.41) is 8.20. The van der Waals surface area contributed by atoms with E-state index in [4.69, 9.17) is 9.26 Å². The van der Waals surface area contributed by atoms with Crippen LogP contribution in [-0.4, -0.2) is 48.9 Å². The van der Waals surface area contributed by atoms with Crippen LogP contribution in [0.15, 0.2) is 23.0 Å². The Balaban J connectivity index is 1.61. The molecule has 0 radical (unpaired) electrons. The molecule has 1 aliphatic rings. The molecule has 3 heterocycles. The maximum absolute atomic E-state index is 11.8. The minimum atomic E-state index is -0.375. The van der Waals surface area contributed by atoms with Gasteiger partial charge in [0.15, 0.2) is 11.5 Å². The van der Waals surface area contributed by atoms with E-state index in [1.54, 1.807) is 21.8 Å². The lowest BCUT2D eigenvalue weighted by Crippen LogP contribution is -2.32. The minimum absolute atomic E-state index is 0.197. The highest BCUT2D eigenvalue weighted by Crippen LogP contribution is 2.29. The molecule has 0 bridgehead atoms. The Morgan fingerprint density at radius 2 is 2.33 bits per heavy atom. The van der Waals surface area contributed by atoms with E-state index in [-0.39, 0.29) is 18.7 Å². The number of nitrogens with zero attached hydrogens (tertiary/aromatic N) is 6. The second kappa shape index (κ2) is 5.59. The Morgan fingerprint density at radius 3 is 3.08 bits per heavy atom. The van der Waals surface area contributed by atoms with E-state index in [1.165, 1.54) is 7.11 Å². The average Bonchev–Trinajstić information content (AvgIpc) is 3.12. The summed E-state index contributed by atoms with van der Waals surface area (Å²) in [6, 6.07) is 2.02. The zero-order valence-corrected chi connectivity index (χ0v) is 13.3. The Kier molecular flexibility index (Phi) is 3.40. The number of carbonyl (C=O) groups excluding carboxylic acids is 1. The zero-order valence-electron chi connectivity index (χ0n) is 13.3. The van der Waals surface area contributed by atoms with Crippen molar-refractivity contribution in [1.29, 1.82) is 0 Å². The third-order valence-electron chi connectivity index (χ3n) is 4.06. The molecule has 0 N–H and O–H groups in total. The van der Waals surface area contributed by atoms with E-state index < -0.39 is 0 Å². The third-order valence-corrected chi connectivity index (χ3v) is 4.06. The summed E-state index contributed by atoms with van der Waals surface area (Å²) in [4.78, 5) is 22.2. The quantitative estimate of drug-likeness (QED) is 0.720. The van der Waals surface area contributed by atoms with Gasteiger partial charge in [0.25, 0.3) is 5.89 Å². The van der Waals surface area contributed by atoms with Crippen molar-refractivity contribution in [2.24, 2.45) is 0 Å². The second-order valence-corrected chi connectivity index (χ2v) is 5.70. The second-order valence-electron chi connectivity index (χ2n) is 5.70. The molecule has 24 heavy (non-hydrogen) atoms. The van der Waals surface area contributed by atoms with Crippen LogP contribution in [0.5, 0.6) is 0 Å². The van der Waals surface area contributed by atoms with E-state index in [0.29, 0.717) is 17.3 Å². The molecule has 0 saturated heterocycles. The van der Waals surface area contributed by atoms with Crippen molar-refractivity contribution in [1.82, 2.24) is 29.6 Å². The number of carbonyl (C=O) groups is 1. The van der Waals surface area contributed by atoms with Crippen LogP contribution in [0.3, 0.4) is 0 Å². The molecule has 124 valence electrons. The van der Waals surface area contributed by atoms with Crippen molar-refractivity contribution >= 4 is 11.7 Å². The topological polar surface area (TPSA) is 98.7 Å². The summed E-state index contributed by atoms with van der Waals surface area (Å²) >= 11 is 0. The average molecular weight is 328 g/mol. The molecule has 3 aromatic heterocycles.